The number of rotatable bonds is 3. The molecule has 1 aromatic rings. The van der Waals surface area contributed by atoms with Gasteiger partial charge in [0.15, 0.2) is 0 Å². The lowest BCUT2D eigenvalue weighted by Crippen LogP contribution is -2.64. The fourth-order valence-electron chi connectivity index (χ4n) is 3.85. The van der Waals surface area contributed by atoms with Gasteiger partial charge in [-0.15, -0.1) is 0 Å². The highest BCUT2D eigenvalue weighted by Gasteiger charge is 2.49. The molecule has 1 aromatic carbocycles. The van der Waals surface area contributed by atoms with Crippen LogP contribution in [0.1, 0.15) is 42.9 Å². The van der Waals surface area contributed by atoms with Crippen molar-refractivity contribution in [3.8, 4) is 0 Å². The van der Waals surface area contributed by atoms with Crippen molar-refractivity contribution in [2.45, 2.75) is 44.2 Å². The minimum Gasteiger partial charge on any atom is -0.480 e. The summed E-state index contributed by atoms with van der Waals surface area (Å²) in [6.45, 7) is 1.87. The van der Waals surface area contributed by atoms with E-state index in [0.29, 0.717) is 12.1 Å². The second-order valence-electron chi connectivity index (χ2n) is 6.57. The molecule has 5 nitrogen and oxygen atoms in total. The average Bonchev–Trinajstić information content (AvgIpc) is 2.92. The standard InChI is InChI=1S/C17H21FN2O3/c1-11-6-12(8-13(18)7-11)14-9-19-17(4-2-3-5-17)16(23)20(14)10-15(21)22/h6-8,14,19H,2-5,9-10H2,1H3,(H,21,22). The number of piperazine rings is 1. The fraction of sp³-hybridized carbons (Fsp3) is 0.529. The van der Waals surface area contributed by atoms with Crippen LogP contribution in [-0.4, -0.2) is 40.5 Å². The first-order chi connectivity index (χ1) is 10.9. The third-order valence-electron chi connectivity index (χ3n) is 4.89. The minimum absolute atomic E-state index is 0.171. The Morgan fingerprint density at radius 3 is 2.70 bits per heavy atom. The summed E-state index contributed by atoms with van der Waals surface area (Å²) < 4.78 is 13.7. The molecule has 0 bridgehead atoms. The van der Waals surface area contributed by atoms with E-state index in [1.54, 1.807) is 6.92 Å². The monoisotopic (exact) mass is 320 g/mol. The number of nitrogens with zero attached hydrogens (tertiary/aromatic N) is 1. The molecule has 1 amide bonds. The molecule has 1 aliphatic heterocycles. The third-order valence-corrected chi connectivity index (χ3v) is 4.89. The first kappa shape index (κ1) is 15.9. The van der Waals surface area contributed by atoms with Gasteiger partial charge >= 0.3 is 5.97 Å². The topological polar surface area (TPSA) is 69.6 Å². The molecule has 1 saturated heterocycles. The van der Waals surface area contributed by atoms with E-state index in [9.17, 15) is 19.1 Å². The number of hydrogen-bond acceptors (Lipinski definition) is 3. The van der Waals surface area contributed by atoms with E-state index in [4.69, 9.17) is 0 Å². The number of carboxylic acids is 1. The molecule has 2 fully saturated rings. The molecule has 1 spiro atoms. The molecule has 124 valence electrons. The smallest absolute Gasteiger partial charge is 0.323 e. The van der Waals surface area contributed by atoms with Crippen LogP contribution in [0.15, 0.2) is 18.2 Å². The van der Waals surface area contributed by atoms with Crippen molar-refractivity contribution in [3.63, 3.8) is 0 Å². The lowest BCUT2D eigenvalue weighted by molar-refractivity contribution is -0.153. The summed E-state index contributed by atoms with van der Waals surface area (Å²) in [5.41, 5.74) is 0.759. The second-order valence-corrected chi connectivity index (χ2v) is 6.57. The van der Waals surface area contributed by atoms with Gasteiger partial charge in [0.05, 0.1) is 11.6 Å². The molecule has 1 heterocycles. The molecule has 23 heavy (non-hydrogen) atoms. The number of aryl methyl sites for hydroxylation is 1. The van der Waals surface area contributed by atoms with Crippen LogP contribution in [0.2, 0.25) is 0 Å². The van der Waals surface area contributed by atoms with Crippen molar-refractivity contribution < 1.29 is 19.1 Å². The lowest BCUT2D eigenvalue weighted by Gasteiger charge is -2.45. The highest BCUT2D eigenvalue weighted by atomic mass is 19.1. The molecule has 1 atom stereocenters. The zero-order valence-electron chi connectivity index (χ0n) is 13.1. The Labute approximate surface area is 134 Å². The van der Waals surface area contributed by atoms with Gasteiger partial charge < -0.3 is 15.3 Å². The molecule has 0 aromatic heterocycles. The summed E-state index contributed by atoms with van der Waals surface area (Å²) in [5, 5.41) is 12.5. The van der Waals surface area contributed by atoms with Gasteiger partial charge in [0, 0.05) is 6.54 Å². The molecule has 3 rings (SSSR count). The molecular weight excluding hydrogens is 299 g/mol. The van der Waals surface area contributed by atoms with Crippen molar-refractivity contribution in [2.75, 3.05) is 13.1 Å². The number of benzene rings is 1. The number of carboxylic acid groups (broad SMARTS) is 1. The summed E-state index contributed by atoms with van der Waals surface area (Å²) in [5.74, 6) is -1.59. The summed E-state index contributed by atoms with van der Waals surface area (Å²) in [6, 6.07) is 4.15. The van der Waals surface area contributed by atoms with Crippen molar-refractivity contribution in [3.05, 3.63) is 35.1 Å². The lowest BCUT2D eigenvalue weighted by atomic mass is 9.89. The van der Waals surface area contributed by atoms with Crippen LogP contribution in [0.3, 0.4) is 0 Å². The van der Waals surface area contributed by atoms with E-state index in [0.717, 1.165) is 31.2 Å². The third kappa shape index (κ3) is 2.95. The minimum atomic E-state index is -1.05. The van der Waals surface area contributed by atoms with Crippen LogP contribution in [0.25, 0.3) is 0 Å². The highest BCUT2D eigenvalue weighted by molar-refractivity contribution is 5.90. The van der Waals surface area contributed by atoms with Gasteiger partial charge in [0.2, 0.25) is 5.91 Å². The molecule has 0 radical (unpaired) electrons. The van der Waals surface area contributed by atoms with E-state index >= 15 is 0 Å². The molecule has 1 saturated carbocycles. The van der Waals surface area contributed by atoms with Crippen LogP contribution in [-0.2, 0) is 9.59 Å². The number of carbonyl (C=O) groups excluding carboxylic acids is 1. The Morgan fingerprint density at radius 2 is 2.09 bits per heavy atom. The fourth-order valence-corrected chi connectivity index (χ4v) is 3.85. The zero-order valence-corrected chi connectivity index (χ0v) is 13.1. The molecule has 2 N–H and O–H groups in total. The van der Waals surface area contributed by atoms with Gasteiger partial charge in [-0.2, -0.15) is 0 Å². The zero-order chi connectivity index (χ0) is 16.6. The number of aliphatic carboxylic acids is 1. The first-order valence-corrected chi connectivity index (χ1v) is 7.96. The van der Waals surface area contributed by atoms with Crippen LogP contribution < -0.4 is 5.32 Å². The largest absolute Gasteiger partial charge is 0.480 e. The van der Waals surface area contributed by atoms with E-state index in [2.05, 4.69) is 5.32 Å². The first-order valence-electron chi connectivity index (χ1n) is 7.96. The second kappa shape index (κ2) is 5.92. The highest BCUT2D eigenvalue weighted by Crippen LogP contribution is 2.37. The molecule has 2 aliphatic rings. The number of halogens is 1. The van der Waals surface area contributed by atoms with Gasteiger partial charge in [0.1, 0.15) is 12.4 Å². The SMILES string of the molecule is Cc1cc(F)cc(C2CNC3(CCCC3)C(=O)N2CC(=O)O)c1. The Morgan fingerprint density at radius 1 is 1.39 bits per heavy atom. The van der Waals surface area contributed by atoms with Gasteiger partial charge in [-0.1, -0.05) is 18.9 Å². The predicted octanol–water partition coefficient (Wildman–Crippen LogP) is 2.00. The van der Waals surface area contributed by atoms with Gasteiger partial charge in [0.25, 0.3) is 0 Å². The van der Waals surface area contributed by atoms with Crippen LogP contribution in [0.4, 0.5) is 4.39 Å². The Bertz CT molecular complexity index is 620. The van der Waals surface area contributed by atoms with E-state index in [1.165, 1.54) is 17.0 Å². The maximum atomic E-state index is 13.7. The maximum Gasteiger partial charge on any atom is 0.323 e. The van der Waals surface area contributed by atoms with Crippen LogP contribution in [0, 0.1) is 12.7 Å². The van der Waals surface area contributed by atoms with Gasteiger partial charge in [-0.3, -0.25) is 9.59 Å². The van der Waals surface area contributed by atoms with Crippen molar-refractivity contribution in [1.82, 2.24) is 10.2 Å². The summed E-state index contributed by atoms with van der Waals surface area (Å²) >= 11 is 0. The molecular formula is C17H21FN2O3. The molecule has 1 unspecified atom stereocenters. The maximum absolute atomic E-state index is 13.7. The number of nitrogens with one attached hydrogen (secondary N) is 1. The molecule has 1 aliphatic carbocycles. The van der Waals surface area contributed by atoms with E-state index in [1.807, 2.05) is 6.07 Å². The average molecular weight is 320 g/mol. The van der Waals surface area contributed by atoms with Gasteiger partial charge in [-0.25, -0.2) is 4.39 Å². The number of hydrogen-bond donors (Lipinski definition) is 2. The van der Waals surface area contributed by atoms with Crippen molar-refractivity contribution in [1.29, 1.82) is 0 Å². The predicted molar refractivity (Wildman–Crippen MR) is 82.4 cm³/mol. The number of amides is 1. The summed E-state index contributed by atoms with van der Waals surface area (Å²) in [7, 11) is 0. The Balaban J connectivity index is 1.95. The van der Waals surface area contributed by atoms with Crippen LogP contribution in [0.5, 0.6) is 0 Å². The van der Waals surface area contributed by atoms with Crippen molar-refractivity contribution >= 4 is 11.9 Å². The summed E-state index contributed by atoms with van der Waals surface area (Å²) in [4.78, 5) is 25.6. The van der Waals surface area contributed by atoms with Crippen LogP contribution >= 0.6 is 0 Å². The normalized spacial score (nSPS) is 23.5. The van der Waals surface area contributed by atoms with E-state index in [-0.39, 0.29) is 18.3 Å². The quantitative estimate of drug-likeness (QED) is 0.894. The van der Waals surface area contributed by atoms with E-state index < -0.39 is 17.6 Å². The Kier molecular flexibility index (Phi) is 4.10. The number of carbonyl (C=O) groups is 2. The van der Waals surface area contributed by atoms with Crippen molar-refractivity contribution in [2.24, 2.45) is 0 Å². The Hall–Kier alpha value is -1.95. The molecule has 6 heteroatoms. The summed E-state index contributed by atoms with van der Waals surface area (Å²) in [6.07, 6.45) is 3.39. The van der Waals surface area contributed by atoms with Gasteiger partial charge in [-0.05, 0) is 43.0 Å².